The van der Waals surface area contributed by atoms with E-state index in [1.54, 1.807) is 0 Å². The number of ether oxygens (including phenoxy) is 2. The van der Waals surface area contributed by atoms with Crippen LogP contribution in [0.3, 0.4) is 0 Å². The zero-order valence-corrected chi connectivity index (χ0v) is 15.1. The number of amides is 1. The number of aromatic nitrogens is 2. The van der Waals surface area contributed by atoms with E-state index in [0.29, 0.717) is 44.1 Å². The molecule has 2 N–H and O–H groups in total. The summed E-state index contributed by atoms with van der Waals surface area (Å²) < 4.78 is 25.7. The molecule has 1 aromatic carbocycles. The number of aromatic hydroxyl groups is 1. The summed E-state index contributed by atoms with van der Waals surface area (Å²) in [5.74, 6) is -1.41. The molecule has 0 saturated carbocycles. The van der Waals surface area contributed by atoms with Gasteiger partial charge in [-0.2, -0.15) is 0 Å². The molecule has 4 rings (SSSR count). The molecule has 0 bridgehead atoms. The van der Waals surface area contributed by atoms with Crippen molar-refractivity contribution in [2.24, 2.45) is 0 Å². The summed E-state index contributed by atoms with van der Waals surface area (Å²) in [6, 6.07) is 5.65. The number of rotatable bonds is 3. The van der Waals surface area contributed by atoms with Gasteiger partial charge in [-0.15, -0.1) is 0 Å². The first kappa shape index (κ1) is 18.6. The molecule has 2 aliphatic rings. The van der Waals surface area contributed by atoms with Gasteiger partial charge in [-0.1, -0.05) is 12.1 Å². The molecular weight excluding hydrogens is 369 g/mol. The molecule has 148 valence electrons. The Bertz CT molecular complexity index is 951. The SMILES string of the molecule is O=C(NCc1ccc(F)cc1)c1nc2n(c(=O)c1O)CCOC21CCOCC1. The molecule has 1 aromatic heterocycles. The third kappa shape index (κ3) is 3.27. The summed E-state index contributed by atoms with van der Waals surface area (Å²) in [5, 5.41) is 12.9. The molecule has 28 heavy (non-hydrogen) atoms. The van der Waals surface area contributed by atoms with E-state index < -0.39 is 22.8 Å². The Labute approximate surface area is 159 Å². The predicted octanol–water partition coefficient (Wildman–Crippen LogP) is 1.05. The van der Waals surface area contributed by atoms with Crippen LogP contribution in [0.1, 0.15) is 34.7 Å². The lowest BCUT2D eigenvalue weighted by Crippen LogP contribution is -2.48. The van der Waals surface area contributed by atoms with Crippen LogP contribution in [0, 0.1) is 5.82 Å². The van der Waals surface area contributed by atoms with E-state index in [1.165, 1.54) is 28.8 Å². The van der Waals surface area contributed by atoms with Crippen LogP contribution in [-0.2, 0) is 28.2 Å². The predicted molar refractivity (Wildman–Crippen MR) is 95.4 cm³/mol. The summed E-state index contributed by atoms with van der Waals surface area (Å²) in [4.78, 5) is 29.6. The Morgan fingerprint density at radius 3 is 2.68 bits per heavy atom. The maximum Gasteiger partial charge on any atom is 0.296 e. The molecule has 0 aliphatic carbocycles. The van der Waals surface area contributed by atoms with Crippen LogP contribution in [0.4, 0.5) is 4.39 Å². The van der Waals surface area contributed by atoms with E-state index in [1.807, 2.05) is 0 Å². The van der Waals surface area contributed by atoms with Crippen molar-refractivity contribution in [2.75, 3.05) is 19.8 Å². The van der Waals surface area contributed by atoms with Gasteiger partial charge in [0.25, 0.3) is 11.5 Å². The Balaban J connectivity index is 1.65. The van der Waals surface area contributed by atoms with Crippen LogP contribution in [0.2, 0.25) is 0 Å². The van der Waals surface area contributed by atoms with Crippen LogP contribution in [-0.4, -0.2) is 40.4 Å². The topological polar surface area (TPSA) is 103 Å². The van der Waals surface area contributed by atoms with Crippen molar-refractivity contribution in [3.63, 3.8) is 0 Å². The molecule has 0 unspecified atom stereocenters. The minimum Gasteiger partial charge on any atom is -0.501 e. The van der Waals surface area contributed by atoms with E-state index in [0.717, 1.165) is 0 Å². The van der Waals surface area contributed by atoms with Crippen molar-refractivity contribution in [3.8, 4) is 5.75 Å². The molecule has 0 radical (unpaired) electrons. The Morgan fingerprint density at radius 1 is 1.25 bits per heavy atom. The maximum atomic E-state index is 13.0. The number of hydrogen-bond donors (Lipinski definition) is 2. The quantitative estimate of drug-likeness (QED) is 0.814. The van der Waals surface area contributed by atoms with E-state index in [4.69, 9.17) is 9.47 Å². The third-order valence-electron chi connectivity index (χ3n) is 5.13. The van der Waals surface area contributed by atoms with Gasteiger partial charge in [0.05, 0.1) is 13.2 Å². The van der Waals surface area contributed by atoms with Gasteiger partial charge in [-0.05, 0) is 17.7 Å². The van der Waals surface area contributed by atoms with Gasteiger partial charge in [-0.25, -0.2) is 9.37 Å². The van der Waals surface area contributed by atoms with Crippen molar-refractivity contribution in [2.45, 2.75) is 31.5 Å². The fourth-order valence-electron chi connectivity index (χ4n) is 3.59. The standard InChI is InChI=1S/C19H20FN3O5/c20-13-3-1-12(2-4-13)11-21-16(25)14-15(24)17(26)23-7-10-28-19(18(23)22-14)5-8-27-9-6-19/h1-4,24H,5-11H2,(H,21,25). The van der Waals surface area contributed by atoms with Crippen molar-refractivity contribution < 1.29 is 23.8 Å². The monoisotopic (exact) mass is 389 g/mol. The van der Waals surface area contributed by atoms with E-state index >= 15 is 0 Å². The van der Waals surface area contributed by atoms with Gasteiger partial charge in [0.2, 0.25) is 5.75 Å². The van der Waals surface area contributed by atoms with E-state index in [-0.39, 0.29) is 24.6 Å². The minimum absolute atomic E-state index is 0.105. The van der Waals surface area contributed by atoms with Crippen molar-refractivity contribution in [1.29, 1.82) is 0 Å². The second kappa shape index (κ2) is 7.33. The third-order valence-corrected chi connectivity index (χ3v) is 5.13. The average molecular weight is 389 g/mol. The van der Waals surface area contributed by atoms with Gasteiger partial charge in [0.1, 0.15) is 17.2 Å². The number of carbonyl (C=O) groups excluding carboxylic acids is 1. The van der Waals surface area contributed by atoms with Crippen LogP contribution in [0.25, 0.3) is 0 Å². The molecule has 1 saturated heterocycles. The number of hydrogen-bond acceptors (Lipinski definition) is 6. The average Bonchev–Trinajstić information content (AvgIpc) is 2.71. The van der Waals surface area contributed by atoms with Crippen LogP contribution >= 0.6 is 0 Å². The van der Waals surface area contributed by atoms with Gasteiger partial charge >= 0.3 is 0 Å². The first-order valence-electron chi connectivity index (χ1n) is 9.09. The summed E-state index contributed by atoms with van der Waals surface area (Å²) in [5.41, 5.74) is -1.12. The molecule has 0 atom stereocenters. The number of fused-ring (bicyclic) bond motifs is 2. The largest absolute Gasteiger partial charge is 0.501 e. The van der Waals surface area contributed by atoms with Crippen molar-refractivity contribution >= 4 is 5.91 Å². The molecule has 1 spiro atoms. The highest BCUT2D eigenvalue weighted by atomic mass is 19.1. The maximum absolute atomic E-state index is 13.0. The van der Waals surface area contributed by atoms with E-state index in [9.17, 15) is 19.1 Å². The van der Waals surface area contributed by atoms with Crippen LogP contribution < -0.4 is 10.9 Å². The Morgan fingerprint density at radius 2 is 1.96 bits per heavy atom. The molecule has 1 amide bonds. The number of nitrogens with zero attached hydrogens (tertiary/aromatic N) is 2. The Kier molecular flexibility index (Phi) is 4.86. The summed E-state index contributed by atoms with van der Waals surface area (Å²) in [7, 11) is 0. The first-order valence-corrected chi connectivity index (χ1v) is 9.09. The number of halogens is 1. The lowest BCUT2D eigenvalue weighted by atomic mass is 9.91. The van der Waals surface area contributed by atoms with Crippen LogP contribution in [0.5, 0.6) is 5.75 Å². The van der Waals surface area contributed by atoms with Gasteiger partial charge in [-0.3, -0.25) is 14.2 Å². The fraction of sp³-hybridized carbons (Fsp3) is 0.421. The van der Waals surface area contributed by atoms with Gasteiger partial charge in [0.15, 0.2) is 5.69 Å². The molecule has 1 fully saturated rings. The van der Waals surface area contributed by atoms with Crippen molar-refractivity contribution in [3.05, 3.63) is 57.5 Å². The highest BCUT2D eigenvalue weighted by Crippen LogP contribution is 2.37. The normalized spacial score (nSPS) is 17.9. The second-order valence-corrected chi connectivity index (χ2v) is 6.85. The minimum atomic E-state index is -0.796. The number of nitrogens with one attached hydrogen (secondary N) is 1. The molecule has 2 aromatic rings. The zero-order chi connectivity index (χ0) is 19.7. The molecule has 3 heterocycles. The summed E-state index contributed by atoms with van der Waals surface area (Å²) in [6.07, 6.45) is 1.03. The number of carbonyl (C=O) groups is 1. The lowest BCUT2D eigenvalue weighted by molar-refractivity contribution is -0.139. The molecule has 9 heteroatoms. The lowest BCUT2D eigenvalue weighted by Gasteiger charge is -2.40. The molecule has 8 nitrogen and oxygen atoms in total. The first-order chi connectivity index (χ1) is 13.5. The highest BCUT2D eigenvalue weighted by Gasteiger charge is 2.43. The molecular formula is C19H20FN3O5. The summed E-state index contributed by atoms with van der Waals surface area (Å²) in [6.45, 7) is 1.61. The van der Waals surface area contributed by atoms with Crippen LogP contribution in [0.15, 0.2) is 29.1 Å². The fourth-order valence-corrected chi connectivity index (χ4v) is 3.59. The zero-order valence-electron chi connectivity index (χ0n) is 15.1. The van der Waals surface area contributed by atoms with Gasteiger partial charge < -0.3 is 19.9 Å². The van der Waals surface area contributed by atoms with E-state index in [2.05, 4.69) is 10.3 Å². The van der Waals surface area contributed by atoms with Crippen molar-refractivity contribution in [1.82, 2.24) is 14.9 Å². The summed E-state index contributed by atoms with van der Waals surface area (Å²) >= 11 is 0. The molecule has 2 aliphatic heterocycles. The second-order valence-electron chi connectivity index (χ2n) is 6.85. The Hall–Kier alpha value is -2.78. The smallest absolute Gasteiger partial charge is 0.296 e. The number of benzene rings is 1. The highest BCUT2D eigenvalue weighted by molar-refractivity contribution is 5.94. The van der Waals surface area contributed by atoms with Gasteiger partial charge in [0, 0.05) is 32.6 Å².